The van der Waals surface area contributed by atoms with Gasteiger partial charge in [0, 0.05) is 25.1 Å². The average molecular weight is 270 g/mol. The van der Waals surface area contributed by atoms with Crippen molar-refractivity contribution in [2.24, 2.45) is 5.92 Å². The highest BCUT2D eigenvalue weighted by atomic mass is 16.5. The molecule has 0 aromatic heterocycles. The zero-order chi connectivity index (χ0) is 14.1. The van der Waals surface area contributed by atoms with E-state index in [2.05, 4.69) is 24.5 Å². The highest BCUT2D eigenvalue weighted by Crippen LogP contribution is 2.30. The fraction of sp³-hybridized carbons (Fsp3) is 0.933. The van der Waals surface area contributed by atoms with Gasteiger partial charge in [0.25, 0.3) is 0 Å². The molecular weight excluding hydrogens is 240 g/mol. The molecule has 2 N–H and O–H groups in total. The van der Waals surface area contributed by atoms with Crippen LogP contribution in [0.5, 0.6) is 0 Å². The Morgan fingerprint density at radius 2 is 1.95 bits per heavy atom. The maximum Gasteiger partial charge on any atom is 0.221 e. The Bertz CT molecular complexity index is 261. The number of nitrogens with one attached hydrogen (secondary N) is 2. The van der Waals surface area contributed by atoms with Crippen molar-refractivity contribution in [1.82, 2.24) is 10.6 Å². The van der Waals surface area contributed by atoms with Gasteiger partial charge in [0.15, 0.2) is 0 Å². The normalized spacial score (nSPS) is 18.5. The number of hydrogen-bond donors (Lipinski definition) is 2. The van der Waals surface area contributed by atoms with E-state index in [1.54, 1.807) is 0 Å². The second kappa shape index (κ2) is 8.54. The van der Waals surface area contributed by atoms with E-state index in [1.807, 2.05) is 7.05 Å². The Kier molecular flexibility index (Phi) is 7.39. The third-order valence-corrected chi connectivity index (χ3v) is 3.86. The summed E-state index contributed by atoms with van der Waals surface area (Å²) in [6.45, 7) is 6.23. The standard InChI is InChI=1S/C15H30N2O2/c1-13(2)12-19-10-9-17-14(18)11-15(16-3)7-5-4-6-8-15/h13,16H,4-12H2,1-3H3,(H,17,18). The van der Waals surface area contributed by atoms with E-state index in [9.17, 15) is 4.79 Å². The summed E-state index contributed by atoms with van der Waals surface area (Å²) >= 11 is 0. The Labute approximate surface area is 117 Å². The Balaban J connectivity index is 2.18. The molecule has 0 heterocycles. The predicted molar refractivity (Wildman–Crippen MR) is 78.2 cm³/mol. The SMILES string of the molecule is CNC1(CC(=O)NCCOCC(C)C)CCCCC1. The fourth-order valence-corrected chi connectivity index (χ4v) is 2.70. The van der Waals surface area contributed by atoms with Crippen molar-refractivity contribution in [1.29, 1.82) is 0 Å². The van der Waals surface area contributed by atoms with E-state index in [0.717, 1.165) is 19.4 Å². The molecule has 1 saturated carbocycles. The molecule has 4 nitrogen and oxygen atoms in total. The van der Waals surface area contributed by atoms with Crippen molar-refractivity contribution in [2.75, 3.05) is 26.8 Å². The van der Waals surface area contributed by atoms with Crippen molar-refractivity contribution in [3.63, 3.8) is 0 Å². The summed E-state index contributed by atoms with van der Waals surface area (Å²) in [5.74, 6) is 0.690. The lowest BCUT2D eigenvalue weighted by Crippen LogP contribution is -2.48. The van der Waals surface area contributed by atoms with Crippen LogP contribution < -0.4 is 10.6 Å². The molecule has 0 radical (unpaired) electrons. The monoisotopic (exact) mass is 270 g/mol. The minimum absolute atomic E-state index is 0.0289. The molecule has 1 rings (SSSR count). The summed E-state index contributed by atoms with van der Waals surface area (Å²) in [4.78, 5) is 12.0. The van der Waals surface area contributed by atoms with Crippen LogP contribution in [0.3, 0.4) is 0 Å². The first-order valence-corrected chi connectivity index (χ1v) is 7.61. The predicted octanol–water partition coefficient (Wildman–Crippen LogP) is 2.09. The van der Waals surface area contributed by atoms with Crippen LogP contribution in [0, 0.1) is 5.92 Å². The maximum absolute atomic E-state index is 12.0. The van der Waals surface area contributed by atoms with E-state index in [-0.39, 0.29) is 11.4 Å². The first-order valence-electron chi connectivity index (χ1n) is 7.61. The van der Waals surface area contributed by atoms with Crippen molar-refractivity contribution < 1.29 is 9.53 Å². The Morgan fingerprint density at radius 1 is 1.26 bits per heavy atom. The molecule has 0 saturated heterocycles. The second-order valence-electron chi connectivity index (χ2n) is 6.09. The van der Waals surface area contributed by atoms with Crippen molar-refractivity contribution in [2.45, 2.75) is 57.9 Å². The van der Waals surface area contributed by atoms with E-state index < -0.39 is 0 Å². The lowest BCUT2D eigenvalue weighted by Gasteiger charge is -2.36. The van der Waals surface area contributed by atoms with E-state index in [0.29, 0.717) is 25.5 Å². The van der Waals surface area contributed by atoms with Gasteiger partial charge in [0.05, 0.1) is 6.61 Å². The lowest BCUT2D eigenvalue weighted by molar-refractivity contribution is -0.123. The summed E-state index contributed by atoms with van der Waals surface area (Å²) in [6, 6.07) is 0. The second-order valence-corrected chi connectivity index (χ2v) is 6.09. The largest absolute Gasteiger partial charge is 0.379 e. The van der Waals surface area contributed by atoms with Crippen molar-refractivity contribution in [3.8, 4) is 0 Å². The minimum atomic E-state index is 0.0289. The fourth-order valence-electron chi connectivity index (χ4n) is 2.70. The molecule has 1 fully saturated rings. The van der Waals surface area contributed by atoms with Gasteiger partial charge in [0.1, 0.15) is 0 Å². The molecule has 19 heavy (non-hydrogen) atoms. The molecule has 0 aromatic rings. The third kappa shape index (κ3) is 6.39. The molecule has 0 aromatic carbocycles. The number of hydrogen-bond acceptors (Lipinski definition) is 3. The molecule has 0 atom stereocenters. The number of ether oxygens (including phenoxy) is 1. The van der Waals surface area contributed by atoms with Gasteiger partial charge in [-0.25, -0.2) is 0 Å². The summed E-state index contributed by atoms with van der Waals surface area (Å²) in [6.07, 6.45) is 6.57. The van der Waals surface area contributed by atoms with Gasteiger partial charge in [-0.3, -0.25) is 4.79 Å². The van der Waals surface area contributed by atoms with Gasteiger partial charge in [-0.1, -0.05) is 33.1 Å². The van der Waals surface area contributed by atoms with Crippen LogP contribution in [0.25, 0.3) is 0 Å². The lowest BCUT2D eigenvalue weighted by atomic mass is 9.79. The van der Waals surface area contributed by atoms with Crippen LogP contribution in [0.1, 0.15) is 52.4 Å². The molecule has 0 spiro atoms. The van der Waals surface area contributed by atoms with E-state index in [1.165, 1.54) is 19.3 Å². The van der Waals surface area contributed by atoms with E-state index in [4.69, 9.17) is 4.74 Å². The Morgan fingerprint density at radius 3 is 2.53 bits per heavy atom. The third-order valence-electron chi connectivity index (χ3n) is 3.86. The zero-order valence-electron chi connectivity index (χ0n) is 12.8. The van der Waals surface area contributed by atoms with Crippen LogP contribution in [0.4, 0.5) is 0 Å². The Hall–Kier alpha value is -0.610. The highest BCUT2D eigenvalue weighted by Gasteiger charge is 2.32. The average Bonchev–Trinajstić information content (AvgIpc) is 2.39. The van der Waals surface area contributed by atoms with Gasteiger partial charge in [-0.05, 0) is 25.8 Å². The summed E-state index contributed by atoms with van der Waals surface area (Å²) in [5, 5.41) is 6.33. The van der Waals surface area contributed by atoms with E-state index >= 15 is 0 Å². The number of amides is 1. The summed E-state index contributed by atoms with van der Waals surface area (Å²) < 4.78 is 5.46. The van der Waals surface area contributed by atoms with Crippen molar-refractivity contribution in [3.05, 3.63) is 0 Å². The summed E-state index contributed by atoms with van der Waals surface area (Å²) in [7, 11) is 1.98. The smallest absolute Gasteiger partial charge is 0.221 e. The van der Waals surface area contributed by atoms with Crippen LogP contribution in [0.15, 0.2) is 0 Å². The van der Waals surface area contributed by atoms with Gasteiger partial charge >= 0.3 is 0 Å². The molecule has 1 aliphatic rings. The van der Waals surface area contributed by atoms with Crippen LogP contribution in [-0.2, 0) is 9.53 Å². The molecule has 0 aliphatic heterocycles. The van der Waals surface area contributed by atoms with Crippen LogP contribution >= 0.6 is 0 Å². The molecule has 1 aliphatic carbocycles. The quantitative estimate of drug-likeness (QED) is 0.664. The first kappa shape index (κ1) is 16.4. The highest BCUT2D eigenvalue weighted by molar-refractivity contribution is 5.77. The molecule has 112 valence electrons. The van der Waals surface area contributed by atoms with Gasteiger partial charge in [-0.15, -0.1) is 0 Å². The van der Waals surface area contributed by atoms with Crippen LogP contribution in [-0.4, -0.2) is 38.3 Å². The molecular formula is C15H30N2O2. The van der Waals surface area contributed by atoms with Crippen LogP contribution in [0.2, 0.25) is 0 Å². The zero-order valence-corrected chi connectivity index (χ0v) is 12.8. The molecule has 4 heteroatoms. The van der Waals surface area contributed by atoms with Crippen molar-refractivity contribution >= 4 is 5.91 Å². The van der Waals surface area contributed by atoms with Gasteiger partial charge < -0.3 is 15.4 Å². The summed E-state index contributed by atoms with van der Waals surface area (Å²) in [5.41, 5.74) is 0.0289. The minimum Gasteiger partial charge on any atom is -0.379 e. The number of carbonyl (C=O) groups is 1. The van der Waals surface area contributed by atoms with Gasteiger partial charge in [-0.2, -0.15) is 0 Å². The topological polar surface area (TPSA) is 50.4 Å². The molecule has 1 amide bonds. The molecule has 0 bridgehead atoms. The maximum atomic E-state index is 12.0. The van der Waals surface area contributed by atoms with Gasteiger partial charge in [0.2, 0.25) is 5.91 Å². The number of rotatable bonds is 8. The first-order chi connectivity index (χ1) is 9.08. The number of carbonyl (C=O) groups excluding carboxylic acids is 1. The molecule has 0 unspecified atom stereocenters.